The topological polar surface area (TPSA) is 46.3 Å². The summed E-state index contributed by atoms with van der Waals surface area (Å²) < 4.78 is 0. The minimum atomic E-state index is -0.233. The quantitative estimate of drug-likeness (QED) is 0.900. The van der Waals surface area contributed by atoms with E-state index in [2.05, 4.69) is 6.92 Å². The van der Waals surface area contributed by atoms with E-state index in [0.717, 1.165) is 24.3 Å². The Morgan fingerprint density at radius 2 is 1.82 bits per heavy atom. The number of rotatable bonds is 5. The number of hydrogen-bond acceptors (Lipinski definition) is 2. The molecule has 3 heteroatoms. The highest BCUT2D eigenvalue weighted by molar-refractivity contribution is 5.79. The molecule has 2 rings (SSSR count). The normalized spacial score (nSPS) is 24.5. The van der Waals surface area contributed by atoms with Crippen LogP contribution in [0.5, 0.6) is 0 Å². The zero-order valence-corrected chi connectivity index (χ0v) is 14.2. The molecule has 2 unspecified atom stereocenters. The van der Waals surface area contributed by atoms with Crippen molar-refractivity contribution in [2.75, 3.05) is 7.05 Å². The number of hydrogen-bond donors (Lipinski definition) is 1. The lowest BCUT2D eigenvalue weighted by Crippen LogP contribution is -2.44. The van der Waals surface area contributed by atoms with Gasteiger partial charge in [-0.2, -0.15) is 0 Å². The molecule has 1 aliphatic rings. The summed E-state index contributed by atoms with van der Waals surface area (Å²) in [5.41, 5.74) is 7.34. The highest BCUT2D eigenvalue weighted by Gasteiger charge is 2.30. The van der Waals surface area contributed by atoms with E-state index < -0.39 is 0 Å². The first kappa shape index (κ1) is 17.0. The SMILES string of the molecule is CCC1CCC(N(C)C(=O)C(C)C(N)c2ccccc2)CC1. The zero-order chi connectivity index (χ0) is 16.1. The van der Waals surface area contributed by atoms with E-state index in [1.165, 1.54) is 19.3 Å². The van der Waals surface area contributed by atoms with Crippen LogP contribution in [-0.2, 0) is 4.79 Å². The summed E-state index contributed by atoms with van der Waals surface area (Å²) >= 11 is 0. The lowest BCUT2D eigenvalue weighted by molar-refractivity contribution is -0.137. The number of carbonyl (C=O) groups is 1. The molecule has 0 spiro atoms. The van der Waals surface area contributed by atoms with Crippen molar-refractivity contribution in [2.24, 2.45) is 17.6 Å². The van der Waals surface area contributed by atoms with E-state index in [-0.39, 0.29) is 17.9 Å². The van der Waals surface area contributed by atoms with Gasteiger partial charge in [0, 0.05) is 19.1 Å². The van der Waals surface area contributed by atoms with Crippen molar-refractivity contribution in [1.29, 1.82) is 0 Å². The molecular weight excluding hydrogens is 272 g/mol. The first-order chi connectivity index (χ1) is 10.5. The molecule has 2 N–H and O–H groups in total. The van der Waals surface area contributed by atoms with Gasteiger partial charge in [-0.25, -0.2) is 0 Å². The Labute approximate surface area is 134 Å². The zero-order valence-electron chi connectivity index (χ0n) is 14.2. The Morgan fingerprint density at radius 1 is 1.23 bits per heavy atom. The average molecular weight is 302 g/mol. The van der Waals surface area contributed by atoms with Gasteiger partial charge in [0.2, 0.25) is 5.91 Å². The predicted octanol–water partition coefficient (Wildman–Crippen LogP) is 3.75. The molecule has 0 radical (unpaired) electrons. The fourth-order valence-electron chi connectivity index (χ4n) is 3.56. The minimum absolute atomic E-state index is 0.177. The van der Waals surface area contributed by atoms with Gasteiger partial charge in [-0.3, -0.25) is 4.79 Å². The summed E-state index contributed by atoms with van der Waals surface area (Å²) in [6.45, 7) is 4.22. The van der Waals surface area contributed by atoms with Crippen molar-refractivity contribution in [1.82, 2.24) is 4.90 Å². The number of nitrogens with two attached hydrogens (primary N) is 1. The Bertz CT molecular complexity index is 466. The molecule has 0 bridgehead atoms. The minimum Gasteiger partial charge on any atom is -0.342 e. The van der Waals surface area contributed by atoms with Gasteiger partial charge in [-0.05, 0) is 37.2 Å². The number of benzene rings is 1. The number of carbonyl (C=O) groups excluding carboxylic acids is 1. The average Bonchev–Trinajstić information content (AvgIpc) is 2.60. The smallest absolute Gasteiger partial charge is 0.227 e. The van der Waals surface area contributed by atoms with Crippen LogP contribution in [0.15, 0.2) is 30.3 Å². The molecule has 0 aromatic heterocycles. The highest BCUT2D eigenvalue weighted by atomic mass is 16.2. The van der Waals surface area contributed by atoms with Crippen molar-refractivity contribution in [2.45, 2.75) is 58.0 Å². The van der Waals surface area contributed by atoms with Crippen LogP contribution in [0.25, 0.3) is 0 Å². The van der Waals surface area contributed by atoms with Gasteiger partial charge in [0.25, 0.3) is 0 Å². The number of amides is 1. The maximum Gasteiger partial charge on any atom is 0.227 e. The molecule has 0 aliphatic heterocycles. The van der Waals surface area contributed by atoms with E-state index in [1.54, 1.807) is 0 Å². The Morgan fingerprint density at radius 3 is 2.36 bits per heavy atom. The van der Waals surface area contributed by atoms with Gasteiger partial charge in [0.1, 0.15) is 0 Å². The van der Waals surface area contributed by atoms with Crippen molar-refractivity contribution >= 4 is 5.91 Å². The van der Waals surface area contributed by atoms with Gasteiger partial charge in [-0.15, -0.1) is 0 Å². The molecule has 22 heavy (non-hydrogen) atoms. The van der Waals surface area contributed by atoms with E-state index in [1.807, 2.05) is 49.2 Å². The van der Waals surface area contributed by atoms with Crippen LogP contribution in [-0.4, -0.2) is 23.9 Å². The lowest BCUT2D eigenvalue weighted by atomic mass is 9.83. The molecule has 0 saturated heterocycles. The monoisotopic (exact) mass is 302 g/mol. The summed E-state index contributed by atoms with van der Waals surface area (Å²) in [5.74, 6) is 0.844. The van der Waals surface area contributed by atoms with Gasteiger partial charge >= 0.3 is 0 Å². The third-order valence-electron chi connectivity index (χ3n) is 5.40. The van der Waals surface area contributed by atoms with Crippen LogP contribution in [0.4, 0.5) is 0 Å². The molecule has 0 heterocycles. The van der Waals surface area contributed by atoms with Crippen molar-refractivity contribution in [3.05, 3.63) is 35.9 Å². The molecular formula is C19H30N2O. The summed E-state index contributed by atoms with van der Waals surface area (Å²) in [4.78, 5) is 14.7. The summed E-state index contributed by atoms with van der Waals surface area (Å²) in [7, 11) is 1.95. The van der Waals surface area contributed by atoms with Gasteiger partial charge in [0.15, 0.2) is 0 Å². The Kier molecular flexibility index (Phi) is 6.01. The molecule has 1 aromatic carbocycles. The molecule has 1 saturated carbocycles. The summed E-state index contributed by atoms with van der Waals surface area (Å²) in [6, 6.07) is 10.1. The van der Waals surface area contributed by atoms with Gasteiger partial charge in [-0.1, -0.05) is 50.6 Å². The highest BCUT2D eigenvalue weighted by Crippen LogP contribution is 2.30. The molecule has 1 aromatic rings. The maximum atomic E-state index is 12.8. The predicted molar refractivity (Wildman–Crippen MR) is 91.3 cm³/mol. The largest absolute Gasteiger partial charge is 0.342 e. The van der Waals surface area contributed by atoms with Crippen LogP contribution in [0, 0.1) is 11.8 Å². The van der Waals surface area contributed by atoms with Crippen molar-refractivity contribution < 1.29 is 4.79 Å². The van der Waals surface area contributed by atoms with Crippen LogP contribution < -0.4 is 5.73 Å². The fraction of sp³-hybridized carbons (Fsp3) is 0.632. The van der Waals surface area contributed by atoms with Crippen LogP contribution in [0.2, 0.25) is 0 Å². The second-order valence-electron chi connectivity index (χ2n) is 6.76. The van der Waals surface area contributed by atoms with E-state index >= 15 is 0 Å². The van der Waals surface area contributed by atoms with Crippen LogP contribution in [0.1, 0.15) is 57.6 Å². The third-order valence-corrected chi connectivity index (χ3v) is 5.40. The Balaban J connectivity index is 1.95. The Hall–Kier alpha value is -1.35. The molecule has 2 atom stereocenters. The van der Waals surface area contributed by atoms with Crippen molar-refractivity contribution in [3.8, 4) is 0 Å². The molecule has 122 valence electrons. The first-order valence-electron chi connectivity index (χ1n) is 8.61. The molecule has 1 amide bonds. The third kappa shape index (κ3) is 3.89. The first-order valence-corrected chi connectivity index (χ1v) is 8.61. The standard InChI is InChI=1S/C19H30N2O/c1-4-15-10-12-17(13-11-15)21(3)19(22)14(2)18(20)16-8-6-5-7-9-16/h5-9,14-15,17-18H,4,10-13,20H2,1-3H3. The van der Waals surface area contributed by atoms with Gasteiger partial charge in [0.05, 0.1) is 5.92 Å². The lowest BCUT2D eigenvalue weighted by Gasteiger charge is -2.36. The number of nitrogens with zero attached hydrogens (tertiary/aromatic N) is 1. The van der Waals surface area contributed by atoms with E-state index in [0.29, 0.717) is 6.04 Å². The van der Waals surface area contributed by atoms with Crippen LogP contribution >= 0.6 is 0 Å². The summed E-state index contributed by atoms with van der Waals surface area (Å²) in [6.07, 6.45) is 6.03. The van der Waals surface area contributed by atoms with Crippen LogP contribution in [0.3, 0.4) is 0 Å². The molecule has 1 aliphatic carbocycles. The summed E-state index contributed by atoms with van der Waals surface area (Å²) in [5, 5.41) is 0. The van der Waals surface area contributed by atoms with E-state index in [4.69, 9.17) is 5.73 Å². The molecule has 3 nitrogen and oxygen atoms in total. The second kappa shape index (κ2) is 7.77. The second-order valence-corrected chi connectivity index (χ2v) is 6.76. The van der Waals surface area contributed by atoms with Crippen molar-refractivity contribution in [3.63, 3.8) is 0 Å². The maximum absolute atomic E-state index is 12.8. The van der Waals surface area contributed by atoms with Gasteiger partial charge < -0.3 is 10.6 Å². The van der Waals surface area contributed by atoms with E-state index in [9.17, 15) is 4.79 Å². The molecule has 1 fully saturated rings. The fourth-order valence-corrected chi connectivity index (χ4v) is 3.56.